The van der Waals surface area contributed by atoms with E-state index in [2.05, 4.69) is 77.4 Å². The van der Waals surface area contributed by atoms with Crippen LogP contribution in [0.15, 0.2) is 97.1 Å². The zero-order chi connectivity index (χ0) is 26.3. The first-order chi connectivity index (χ1) is 18.6. The SMILES string of the molecule is CNCCCC[C@H]1C(=O)N[C@@H](Cc2ccc3ccccc3c2)C(=O)N1Cc1ccc(-c2ccccc2)cc1. The Morgan fingerprint density at radius 1 is 0.763 bits per heavy atom. The predicted octanol–water partition coefficient (Wildman–Crippen LogP) is 5.33. The number of nitrogens with one attached hydrogen (secondary N) is 2. The van der Waals surface area contributed by atoms with Gasteiger partial charge < -0.3 is 15.5 Å². The van der Waals surface area contributed by atoms with Crippen LogP contribution in [-0.2, 0) is 22.6 Å². The quantitative estimate of drug-likeness (QED) is 0.286. The van der Waals surface area contributed by atoms with Crippen LogP contribution in [0.5, 0.6) is 0 Å². The van der Waals surface area contributed by atoms with Gasteiger partial charge in [-0.15, -0.1) is 0 Å². The summed E-state index contributed by atoms with van der Waals surface area (Å²) in [7, 11) is 1.93. The fourth-order valence-corrected chi connectivity index (χ4v) is 5.31. The Hall–Kier alpha value is -3.96. The zero-order valence-electron chi connectivity index (χ0n) is 21.9. The van der Waals surface area contributed by atoms with Crippen LogP contribution in [0.2, 0.25) is 0 Å². The first kappa shape index (κ1) is 25.7. The van der Waals surface area contributed by atoms with Gasteiger partial charge in [-0.1, -0.05) is 97.1 Å². The summed E-state index contributed by atoms with van der Waals surface area (Å²) in [6.45, 7) is 1.32. The molecule has 0 aromatic heterocycles. The van der Waals surface area contributed by atoms with E-state index in [1.165, 1.54) is 0 Å². The van der Waals surface area contributed by atoms with Crippen molar-refractivity contribution in [1.82, 2.24) is 15.5 Å². The Labute approximate surface area is 224 Å². The van der Waals surface area contributed by atoms with Crippen molar-refractivity contribution >= 4 is 22.6 Å². The molecule has 1 aliphatic rings. The predicted molar refractivity (Wildman–Crippen MR) is 154 cm³/mol. The number of unbranched alkanes of at least 4 members (excludes halogenated alkanes) is 1. The highest BCUT2D eigenvalue weighted by Gasteiger charge is 2.40. The van der Waals surface area contributed by atoms with Crippen LogP contribution in [-0.4, -0.2) is 42.4 Å². The molecular weight excluding hydrogens is 470 g/mol. The van der Waals surface area contributed by atoms with Crippen molar-refractivity contribution < 1.29 is 9.59 Å². The zero-order valence-corrected chi connectivity index (χ0v) is 21.9. The summed E-state index contributed by atoms with van der Waals surface area (Å²) >= 11 is 0. The van der Waals surface area contributed by atoms with Gasteiger partial charge in [0.1, 0.15) is 12.1 Å². The lowest BCUT2D eigenvalue weighted by Crippen LogP contribution is -2.63. The second-order valence-electron chi connectivity index (χ2n) is 10.1. The number of rotatable bonds is 10. The van der Waals surface area contributed by atoms with Crippen LogP contribution in [0.4, 0.5) is 0 Å². The fraction of sp³-hybridized carbons (Fsp3) is 0.273. The van der Waals surface area contributed by atoms with Crippen LogP contribution in [0.1, 0.15) is 30.4 Å². The molecule has 2 amide bonds. The van der Waals surface area contributed by atoms with Crippen molar-refractivity contribution in [3.8, 4) is 11.1 Å². The molecule has 38 heavy (non-hydrogen) atoms. The Balaban J connectivity index is 1.36. The summed E-state index contributed by atoms with van der Waals surface area (Å²) in [5, 5.41) is 8.52. The lowest BCUT2D eigenvalue weighted by Gasteiger charge is -2.39. The number of hydrogen-bond donors (Lipinski definition) is 2. The first-order valence-electron chi connectivity index (χ1n) is 13.5. The van der Waals surface area contributed by atoms with Crippen molar-refractivity contribution in [2.45, 2.75) is 44.3 Å². The Morgan fingerprint density at radius 3 is 2.21 bits per heavy atom. The van der Waals surface area contributed by atoms with Gasteiger partial charge in [-0.3, -0.25) is 9.59 Å². The van der Waals surface area contributed by atoms with Crippen molar-refractivity contribution in [3.05, 3.63) is 108 Å². The number of fused-ring (bicyclic) bond motifs is 1. The summed E-state index contributed by atoms with van der Waals surface area (Å²) in [6.07, 6.45) is 2.98. The molecule has 2 N–H and O–H groups in total. The van der Waals surface area contributed by atoms with E-state index in [1.807, 2.05) is 37.4 Å². The number of carbonyl (C=O) groups is 2. The third kappa shape index (κ3) is 5.95. The summed E-state index contributed by atoms with van der Waals surface area (Å²) in [5.41, 5.74) is 4.36. The molecule has 1 aliphatic heterocycles. The van der Waals surface area contributed by atoms with Gasteiger partial charge in [-0.2, -0.15) is 0 Å². The number of piperazine rings is 1. The molecule has 194 valence electrons. The van der Waals surface area contributed by atoms with Crippen LogP contribution in [0.25, 0.3) is 21.9 Å². The average Bonchev–Trinajstić information content (AvgIpc) is 2.95. The van der Waals surface area contributed by atoms with E-state index in [0.29, 0.717) is 19.4 Å². The van der Waals surface area contributed by atoms with Gasteiger partial charge in [-0.25, -0.2) is 0 Å². The van der Waals surface area contributed by atoms with Gasteiger partial charge in [0.2, 0.25) is 11.8 Å². The first-order valence-corrected chi connectivity index (χ1v) is 13.5. The monoisotopic (exact) mass is 505 g/mol. The maximum Gasteiger partial charge on any atom is 0.246 e. The van der Waals surface area contributed by atoms with Gasteiger partial charge in [0, 0.05) is 13.0 Å². The molecule has 5 rings (SSSR count). The van der Waals surface area contributed by atoms with Crippen LogP contribution >= 0.6 is 0 Å². The Kier molecular flexibility index (Phi) is 8.15. The molecule has 0 bridgehead atoms. The minimum atomic E-state index is -0.569. The maximum absolute atomic E-state index is 13.8. The molecule has 1 fully saturated rings. The second kappa shape index (κ2) is 12.1. The largest absolute Gasteiger partial charge is 0.342 e. The third-order valence-electron chi connectivity index (χ3n) is 7.40. The second-order valence-corrected chi connectivity index (χ2v) is 10.1. The standard InChI is InChI=1S/C33H35N3O2/c1-34-20-8-7-13-31-32(37)35-30(22-25-16-19-27-11-5-6-12-29(27)21-25)33(38)36(31)23-24-14-17-28(18-15-24)26-9-3-2-4-10-26/h2-6,9-12,14-19,21,30-31,34H,7-8,13,20,22-23H2,1H3,(H,35,37)/t30-,31-/m0/s1. The van der Waals surface area contributed by atoms with Crippen molar-refractivity contribution in [1.29, 1.82) is 0 Å². The van der Waals surface area contributed by atoms with E-state index < -0.39 is 12.1 Å². The van der Waals surface area contributed by atoms with Gasteiger partial charge in [0.25, 0.3) is 0 Å². The van der Waals surface area contributed by atoms with Gasteiger partial charge in [0.15, 0.2) is 0 Å². The van der Waals surface area contributed by atoms with E-state index in [0.717, 1.165) is 52.4 Å². The lowest BCUT2D eigenvalue weighted by molar-refractivity contribution is -0.150. The van der Waals surface area contributed by atoms with E-state index in [1.54, 1.807) is 4.90 Å². The highest BCUT2D eigenvalue weighted by Crippen LogP contribution is 2.24. The van der Waals surface area contributed by atoms with Gasteiger partial charge in [-0.05, 0) is 65.9 Å². The Bertz CT molecular complexity index is 1380. The third-order valence-corrected chi connectivity index (χ3v) is 7.40. The molecule has 0 unspecified atom stereocenters. The van der Waals surface area contributed by atoms with E-state index >= 15 is 0 Å². The van der Waals surface area contributed by atoms with E-state index in [9.17, 15) is 9.59 Å². The summed E-state index contributed by atoms with van der Waals surface area (Å²) in [4.78, 5) is 29.0. The van der Waals surface area contributed by atoms with Crippen LogP contribution in [0, 0.1) is 0 Å². The molecule has 2 atom stereocenters. The fourth-order valence-electron chi connectivity index (χ4n) is 5.31. The molecule has 0 saturated carbocycles. The molecule has 1 heterocycles. The lowest BCUT2D eigenvalue weighted by atomic mass is 9.95. The van der Waals surface area contributed by atoms with Gasteiger partial charge >= 0.3 is 0 Å². The molecule has 5 nitrogen and oxygen atoms in total. The highest BCUT2D eigenvalue weighted by molar-refractivity contribution is 5.97. The Morgan fingerprint density at radius 2 is 1.45 bits per heavy atom. The van der Waals surface area contributed by atoms with Crippen molar-refractivity contribution in [2.24, 2.45) is 0 Å². The molecule has 0 radical (unpaired) electrons. The van der Waals surface area contributed by atoms with Gasteiger partial charge in [0.05, 0.1) is 0 Å². The molecule has 4 aromatic rings. The molecule has 4 aromatic carbocycles. The number of amides is 2. The average molecular weight is 506 g/mol. The van der Waals surface area contributed by atoms with Crippen molar-refractivity contribution in [3.63, 3.8) is 0 Å². The topological polar surface area (TPSA) is 61.4 Å². The number of hydrogen-bond acceptors (Lipinski definition) is 3. The van der Waals surface area contributed by atoms with Crippen molar-refractivity contribution in [2.75, 3.05) is 13.6 Å². The van der Waals surface area contributed by atoms with E-state index in [4.69, 9.17) is 0 Å². The number of nitrogens with zero attached hydrogens (tertiary/aromatic N) is 1. The summed E-state index contributed by atoms with van der Waals surface area (Å²) in [5.74, 6) is -0.0655. The summed E-state index contributed by atoms with van der Waals surface area (Å²) in [6, 6.07) is 32.0. The van der Waals surface area contributed by atoms with E-state index in [-0.39, 0.29) is 11.8 Å². The molecule has 5 heteroatoms. The molecular formula is C33H35N3O2. The molecule has 0 aliphatic carbocycles. The summed E-state index contributed by atoms with van der Waals surface area (Å²) < 4.78 is 0. The minimum Gasteiger partial charge on any atom is -0.342 e. The smallest absolute Gasteiger partial charge is 0.246 e. The number of carbonyl (C=O) groups excluding carboxylic acids is 2. The normalized spacial score (nSPS) is 17.6. The van der Waals surface area contributed by atoms with Crippen LogP contribution in [0.3, 0.4) is 0 Å². The molecule has 1 saturated heterocycles. The minimum absolute atomic E-state index is 0.0106. The number of benzene rings is 4. The van der Waals surface area contributed by atoms with Crippen LogP contribution < -0.4 is 10.6 Å². The maximum atomic E-state index is 13.8. The molecule has 0 spiro atoms. The highest BCUT2D eigenvalue weighted by atomic mass is 16.2.